The van der Waals surface area contributed by atoms with Gasteiger partial charge in [-0.05, 0) is 25.8 Å². The van der Waals surface area contributed by atoms with Crippen molar-refractivity contribution in [3.05, 3.63) is 26.7 Å². The summed E-state index contributed by atoms with van der Waals surface area (Å²) in [6.45, 7) is 5.55. The summed E-state index contributed by atoms with van der Waals surface area (Å²) in [5, 5.41) is 0. The number of nitrogens with one attached hydrogen (secondary N) is 1. The molecule has 164 valence electrons. The molecule has 1 unspecified atom stereocenters. The fourth-order valence-electron chi connectivity index (χ4n) is 4.43. The highest BCUT2D eigenvalue weighted by molar-refractivity contribution is 7.99. The molecule has 0 saturated carbocycles. The summed E-state index contributed by atoms with van der Waals surface area (Å²) in [6.07, 6.45) is 3.61. The van der Waals surface area contributed by atoms with Gasteiger partial charge in [0.15, 0.2) is 11.2 Å². The Labute approximate surface area is 179 Å². The summed E-state index contributed by atoms with van der Waals surface area (Å²) < 4.78 is 3.33. The van der Waals surface area contributed by atoms with Crippen LogP contribution in [-0.2, 0) is 24.9 Å². The van der Waals surface area contributed by atoms with E-state index < -0.39 is 11.2 Å². The fourth-order valence-corrected chi connectivity index (χ4v) is 5.33. The molecule has 0 bridgehead atoms. The molecule has 30 heavy (non-hydrogen) atoms. The summed E-state index contributed by atoms with van der Waals surface area (Å²) >= 11 is 1.89. The number of hydrogen-bond donors (Lipinski definition) is 1. The third kappa shape index (κ3) is 3.94. The number of amides is 1. The number of rotatable bonds is 6. The van der Waals surface area contributed by atoms with Crippen molar-refractivity contribution in [2.75, 3.05) is 31.1 Å². The first kappa shape index (κ1) is 21.2. The van der Waals surface area contributed by atoms with Crippen molar-refractivity contribution in [1.29, 1.82) is 0 Å². The molecular formula is C20H30N6O3S. The number of aromatic nitrogens is 4. The molecule has 2 aromatic rings. The number of likely N-dealkylation sites (tertiary alicyclic amines) is 1. The van der Waals surface area contributed by atoms with E-state index in [2.05, 4.69) is 16.8 Å². The van der Waals surface area contributed by atoms with Gasteiger partial charge >= 0.3 is 5.69 Å². The lowest BCUT2D eigenvalue weighted by atomic mass is 10.2. The largest absolute Gasteiger partial charge is 0.340 e. The molecule has 4 heterocycles. The van der Waals surface area contributed by atoms with Crippen LogP contribution >= 0.6 is 11.8 Å². The van der Waals surface area contributed by atoms with Gasteiger partial charge in [-0.1, -0.05) is 13.3 Å². The molecule has 2 fully saturated rings. The molecule has 2 aliphatic heterocycles. The highest BCUT2D eigenvalue weighted by atomic mass is 32.2. The molecular weight excluding hydrogens is 404 g/mol. The zero-order valence-electron chi connectivity index (χ0n) is 17.7. The SMILES string of the molecule is CCCCn1c(=O)[nH]c(=O)c2c1nc(CN1CCCC1C(=O)N1CCSCC1)n2C. The molecule has 1 amide bonds. The molecule has 0 aliphatic carbocycles. The second kappa shape index (κ2) is 8.97. The topological polar surface area (TPSA) is 96.2 Å². The highest BCUT2D eigenvalue weighted by Crippen LogP contribution is 2.24. The molecule has 4 rings (SSSR count). The molecule has 0 spiro atoms. The summed E-state index contributed by atoms with van der Waals surface area (Å²) in [4.78, 5) is 49.2. The van der Waals surface area contributed by atoms with Gasteiger partial charge in [-0.15, -0.1) is 0 Å². The number of aryl methyl sites for hydroxylation is 2. The maximum Gasteiger partial charge on any atom is 0.330 e. The Kier molecular flexibility index (Phi) is 6.33. The highest BCUT2D eigenvalue weighted by Gasteiger charge is 2.35. The van der Waals surface area contributed by atoms with E-state index >= 15 is 0 Å². The third-order valence-corrected chi connectivity index (χ3v) is 7.10. The van der Waals surface area contributed by atoms with Gasteiger partial charge in [0, 0.05) is 38.2 Å². The van der Waals surface area contributed by atoms with Crippen molar-refractivity contribution in [2.45, 2.75) is 51.7 Å². The van der Waals surface area contributed by atoms with Crippen LogP contribution in [0.2, 0.25) is 0 Å². The molecule has 2 saturated heterocycles. The van der Waals surface area contributed by atoms with Crippen LogP contribution in [-0.4, -0.2) is 72.0 Å². The first-order chi connectivity index (χ1) is 14.5. The fraction of sp³-hybridized carbons (Fsp3) is 0.700. The van der Waals surface area contributed by atoms with Crippen LogP contribution in [0.25, 0.3) is 11.2 Å². The standard InChI is InChI=1S/C20H30N6O3S/c1-3-4-8-26-17-16(18(27)22-20(26)29)23(2)15(21-17)13-25-7-5-6-14(25)19(28)24-9-11-30-12-10-24/h14H,3-13H2,1-2H3,(H,22,27,29). The molecule has 2 aliphatic rings. The Morgan fingerprint density at radius 1 is 1.23 bits per heavy atom. The van der Waals surface area contributed by atoms with E-state index in [1.54, 1.807) is 9.13 Å². The number of H-pyrrole nitrogens is 1. The van der Waals surface area contributed by atoms with Crippen molar-refractivity contribution < 1.29 is 4.79 Å². The molecule has 1 N–H and O–H groups in total. The second-order valence-corrected chi connectivity index (χ2v) is 9.31. The van der Waals surface area contributed by atoms with Gasteiger partial charge in [-0.25, -0.2) is 9.78 Å². The van der Waals surface area contributed by atoms with Crippen LogP contribution in [0.1, 0.15) is 38.4 Å². The van der Waals surface area contributed by atoms with Crippen LogP contribution in [0.4, 0.5) is 0 Å². The van der Waals surface area contributed by atoms with Gasteiger partial charge in [0.25, 0.3) is 5.56 Å². The molecule has 0 aromatic carbocycles. The number of imidazole rings is 1. The van der Waals surface area contributed by atoms with E-state index in [1.807, 2.05) is 23.7 Å². The monoisotopic (exact) mass is 434 g/mol. The summed E-state index contributed by atoms with van der Waals surface area (Å²) in [7, 11) is 1.81. The number of nitrogens with zero attached hydrogens (tertiary/aromatic N) is 5. The Morgan fingerprint density at radius 3 is 2.73 bits per heavy atom. The normalized spacial score (nSPS) is 20.3. The second-order valence-electron chi connectivity index (χ2n) is 8.09. The lowest BCUT2D eigenvalue weighted by Gasteiger charge is -2.32. The van der Waals surface area contributed by atoms with Crippen LogP contribution < -0.4 is 11.2 Å². The number of carbonyl (C=O) groups excluding carboxylic acids is 1. The zero-order chi connectivity index (χ0) is 21.3. The van der Waals surface area contributed by atoms with Gasteiger partial charge < -0.3 is 9.47 Å². The number of aromatic amines is 1. The van der Waals surface area contributed by atoms with Crippen LogP contribution in [0, 0.1) is 0 Å². The number of fused-ring (bicyclic) bond motifs is 1. The number of hydrogen-bond acceptors (Lipinski definition) is 6. The molecule has 9 nitrogen and oxygen atoms in total. The van der Waals surface area contributed by atoms with Gasteiger partial charge in [-0.2, -0.15) is 11.8 Å². The smallest absolute Gasteiger partial charge is 0.330 e. The Balaban J connectivity index is 1.62. The van der Waals surface area contributed by atoms with Gasteiger partial charge in [0.2, 0.25) is 5.91 Å². The number of thioether (sulfide) groups is 1. The third-order valence-electron chi connectivity index (χ3n) is 6.16. The van der Waals surface area contributed by atoms with E-state index in [-0.39, 0.29) is 11.9 Å². The predicted octanol–water partition coefficient (Wildman–Crippen LogP) is 0.763. The van der Waals surface area contributed by atoms with Crippen molar-refractivity contribution in [1.82, 2.24) is 28.9 Å². The zero-order valence-corrected chi connectivity index (χ0v) is 18.5. The number of carbonyl (C=O) groups is 1. The van der Waals surface area contributed by atoms with E-state index in [0.717, 1.165) is 56.8 Å². The van der Waals surface area contributed by atoms with Crippen molar-refractivity contribution >= 4 is 28.8 Å². The average molecular weight is 435 g/mol. The maximum atomic E-state index is 13.1. The van der Waals surface area contributed by atoms with Crippen molar-refractivity contribution in [3.8, 4) is 0 Å². The minimum atomic E-state index is -0.414. The van der Waals surface area contributed by atoms with Gasteiger partial charge in [0.1, 0.15) is 5.82 Å². The predicted molar refractivity (Wildman–Crippen MR) is 118 cm³/mol. The van der Waals surface area contributed by atoms with Crippen molar-refractivity contribution in [3.63, 3.8) is 0 Å². The Morgan fingerprint density at radius 2 is 2.00 bits per heavy atom. The average Bonchev–Trinajstić information content (AvgIpc) is 3.33. The molecule has 1 atom stereocenters. The van der Waals surface area contributed by atoms with E-state index in [1.165, 1.54) is 0 Å². The van der Waals surface area contributed by atoms with E-state index in [9.17, 15) is 14.4 Å². The quantitative estimate of drug-likeness (QED) is 0.721. The summed E-state index contributed by atoms with van der Waals surface area (Å²) in [5.41, 5.74) is 0.0207. The van der Waals surface area contributed by atoms with Crippen LogP contribution in [0.3, 0.4) is 0 Å². The molecule has 0 radical (unpaired) electrons. The molecule has 10 heteroatoms. The van der Waals surface area contributed by atoms with Gasteiger partial charge in [-0.3, -0.25) is 24.0 Å². The minimum Gasteiger partial charge on any atom is -0.340 e. The van der Waals surface area contributed by atoms with Crippen molar-refractivity contribution in [2.24, 2.45) is 7.05 Å². The Hall–Kier alpha value is -2.07. The lowest BCUT2D eigenvalue weighted by Crippen LogP contribution is -2.48. The Bertz CT molecular complexity index is 1040. The van der Waals surface area contributed by atoms with Gasteiger partial charge in [0.05, 0.1) is 12.6 Å². The maximum absolute atomic E-state index is 13.1. The van der Waals surface area contributed by atoms with E-state index in [4.69, 9.17) is 4.98 Å². The first-order valence-corrected chi connectivity index (χ1v) is 12.0. The van der Waals surface area contributed by atoms with Crippen LogP contribution in [0.15, 0.2) is 9.59 Å². The van der Waals surface area contributed by atoms with E-state index in [0.29, 0.717) is 30.1 Å². The van der Waals surface area contributed by atoms with Crippen LogP contribution in [0.5, 0.6) is 0 Å². The number of unbranched alkanes of at least 4 members (excludes halogenated alkanes) is 1. The summed E-state index contributed by atoms with van der Waals surface area (Å²) in [6, 6.07) is -0.131. The minimum absolute atomic E-state index is 0.131. The molecule has 2 aromatic heterocycles. The lowest BCUT2D eigenvalue weighted by molar-refractivity contribution is -0.135. The summed E-state index contributed by atoms with van der Waals surface area (Å²) in [5.74, 6) is 2.92. The first-order valence-electron chi connectivity index (χ1n) is 10.8.